The molecule has 1 N–H and O–H groups in total. The maximum Gasteiger partial charge on any atom is 0.219 e. The molecule has 0 saturated heterocycles. The van der Waals surface area contributed by atoms with Gasteiger partial charge in [-0.15, -0.1) is 11.8 Å². The van der Waals surface area contributed by atoms with Crippen LogP contribution >= 0.6 is 11.8 Å². The Balaban J connectivity index is 2.05. The van der Waals surface area contributed by atoms with E-state index in [2.05, 4.69) is 5.32 Å². The van der Waals surface area contributed by atoms with Gasteiger partial charge >= 0.3 is 0 Å². The molecule has 3 aromatic rings. The van der Waals surface area contributed by atoms with E-state index in [9.17, 15) is 18.1 Å². The molecule has 0 saturated carbocycles. The van der Waals surface area contributed by atoms with Crippen LogP contribution in [0.5, 0.6) is 0 Å². The molecule has 7 heteroatoms. The topological polar surface area (TPSA) is 70.0 Å². The van der Waals surface area contributed by atoms with Gasteiger partial charge in [-0.1, -0.05) is 36.4 Å². The van der Waals surface area contributed by atoms with E-state index >= 15 is 0 Å². The second-order valence-electron chi connectivity index (χ2n) is 7.00. The third kappa shape index (κ3) is 5.75. The van der Waals surface area contributed by atoms with Gasteiger partial charge in [-0.05, 0) is 66.9 Å². The minimum absolute atomic E-state index is 0.0497. The van der Waals surface area contributed by atoms with Crippen LogP contribution in [-0.2, 0) is 15.6 Å². The van der Waals surface area contributed by atoms with Gasteiger partial charge in [-0.3, -0.25) is 0 Å². The van der Waals surface area contributed by atoms with E-state index in [0.29, 0.717) is 11.4 Å². The van der Waals surface area contributed by atoms with Gasteiger partial charge in [0.1, 0.15) is 16.9 Å². The van der Waals surface area contributed by atoms with Gasteiger partial charge in [-0.2, -0.15) is 5.26 Å². The summed E-state index contributed by atoms with van der Waals surface area (Å²) in [6, 6.07) is 21.5. The first-order valence-electron chi connectivity index (χ1n) is 9.46. The molecule has 3 rings (SSSR count). The molecule has 158 valence electrons. The first-order chi connectivity index (χ1) is 14.8. The zero-order chi connectivity index (χ0) is 22.4. The smallest absolute Gasteiger partial charge is 0.219 e. The number of hydrogen-bond acceptors (Lipinski definition) is 5. The highest BCUT2D eigenvalue weighted by Crippen LogP contribution is 2.31. The first kappa shape index (κ1) is 22.6. The Kier molecular flexibility index (Phi) is 7.16. The number of rotatable bonds is 7. The Labute approximate surface area is 186 Å². The number of sulfone groups is 1. The standard InChI is InChI=1S/C24H21FN2O2S2/c1-17-12-18(2)14-21(13-17)27-24(30-16-19-8-10-20(25)11-9-19)23(15-26)31(28,29)22-6-4-3-5-7-22/h3-14,27H,16H2,1-2H3/b24-23+. The molecular weight excluding hydrogens is 431 g/mol. The van der Waals surface area contributed by atoms with E-state index in [1.54, 1.807) is 30.3 Å². The van der Waals surface area contributed by atoms with Gasteiger partial charge in [-0.25, -0.2) is 12.8 Å². The predicted octanol–water partition coefficient (Wildman–Crippen LogP) is 5.95. The van der Waals surface area contributed by atoms with E-state index in [4.69, 9.17) is 0 Å². The lowest BCUT2D eigenvalue weighted by Gasteiger charge is -2.15. The molecule has 0 aliphatic heterocycles. The number of anilines is 1. The van der Waals surface area contributed by atoms with Crippen LogP contribution in [0.2, 0.25) is 0 Å². The monoisotopic (exact) mass is 452 g/mol. The number of nitrogens with zero attached hydrogens (tertiary/aromatic N) is 1. The molecule has 0 heterocycles. The van der Waals surface area contributed by atoms with Crippen molar-refractivity contribution < 1.29 is 12.8 Å². The average molecular weight is 453 g/mol. The summed E-state index contributed by atoms with van der Waals surface area (Å²) in [4.78, 5) is -0.307. The van der Waals surface area contributed by atoms with Crippen LogP contribution in [0, 0.1) is 31.0 Å². The molecule has 0 radical (unpaired) electrons. The van der Waals surface area contributed by atoms with Gasteiger partial charge in [0.2, 0.25) is 9.84 Å². The Morgan fingerprint density at radius 1 is 1.00 bits per heavy atom. The van der Waals surface area contributed by atoms with Crippen molar-refractivity contribution >= 4 is 27.3 Å². The maximum atomic E-state index is 13.2. The zero-order valence-electron chi connectivity index (χ0n) is 17.1. The molecule has 4 nitrogen and oxygen atoms in total. The Hall–Kier alpha value is -3.08. The summed E-state index contributed by atoms with van der Waals surface area (Å²) < 4.78 is 39.6. The summed E-state index contributed by atoms with van der Waals surface area (Å²) in [6.45, 7) is 3.89. The highest BCUT2D eigenvalue weighted by atomic mass is 32.2. The highest BCUT2D eigenvalue weighted by molar-refractivity contribution is 8.04. The Bertz CT molecular complexity index is 1230. The average Bonchev–Trinajstić information content (AvgIpc) is 2.73. The number of halogens is 1. The quantitative estimate of drug-likeness (QED) is 0.448. The number of allylic oxidation sites excluding steroid dienone is 1. The molecule has 0 aliphatic rings. The number of hydrogen-bond donors (Lipinski definition) is 1. The molecule has 0 aliphatic carbocycles. The van der Waals surface area contributed by atoms with Gasteiger partial charge in [0.25, 0.3) is 0 Å². The van der Waals surface area contributed by atoms with E-state index in [-0.39, 0.29) is 20.6 Å². The van der Waals surface area contributed by atoms with E-state index in [0.717, 1.165) is 16.7 Å². The van der Waals surface area contributed by atoms with Crippen LogP contribution in [0.1, 0.15) is 16.7 Å². The van der Waals surface area contributed by atoms with Crippen LogP contribution in [0.4, 0.5) is 10.1 Å². The maximum absolute atomic E-state index is 13.2. The summed E-state index contributed by atoms with van der Waals surface area (Å²) in [5.74, 6) is 0.0188. The first-order valence-corrected chi connectivity index (χ1v) is 11.9. The molecule has 0 aromatic heterocycles. The van der Waals surface area contributed by atoms with Gasteiger partial charge < -0.3 is 5.32 Å². The lowest BCUT2D eigenvalue weighted by atomic mass is 10.1. The number of thioether (sulfide) groups is 1. The number of nitriles is 1. The van der Waals surface area contributed by atoms with Crippen molar-refractivity contribution in [1.82, 2.24) is 0 Å². The second kappa shape index (κ2) is 9.82. The zero-order valence-corrected chi connectivity index (χ0v) is 18.7. The second-order valence-corrected chi connectivity index (χ2v) is 9.88. The van der Waals surface area contributed by atoms with Crippen molar-refractivity contribution in [2.75, 3.05) is 5.32 Å². The van der Waals surface area contributed by atoms with Crippen molar-refractivity contribution in [3.8, 4) is 6.07 Å². The number of aryl methyl sites for hydroxylation is 2. The van der Waals surface area contributed by atoms with Crippen LogP contribution in [-0.4, -0.2) is 8.42 Å². The normalized spacial score (nSPS) is 12.1. The molecule has 0 atom stereocenters. The van der Waals surface area contributed by atoms with Crippen LogP contribution in [0.3, 0.4) is 0 Å². The lowest BCUT2D eigenvalue weighted by molar-refractivity contribution is 0.603. The molecule has 0 fully saturated rings. The molecule has 31 heavy (non-hydrogen) atoms. The molecule has 0 unspecified atom stereocenters. The van der Waals surface area contributed by atoms with Crippen molar-refractivity contribution in [3.63, 3.8) is 0 Å². The van der Waals surface area contributed by atoms with Crippen LogP contribution in [0.25, 0.3) is 0 Å². The fraction of sp³-hybridized carbons (Fsp3) is 0.125. The Morgan fingerprint density at radius 3 is 2.19 bits per heavy atom. The van der Waals surface area contributed by atoms with Crippen LogP contribution in [0.15, 0.2) is 87.6 Å². The fourth-order valence-electron chi connectivity index (χ4n) is 3.02. The number of nitrogens with one attached hydrogen (secondary N) is 1. The summed E-state index contributed by atoms with van der Waals surface area (Å²) >= 11 is 1.19. The van der Waals surface area contributed by atoms with Crippen molar-refractivity contribution in [2.24, 2.45) is 0 Å². The summed E-state index contributed by atoms with van der Waals surface area (Å²) in [5.41, 5.74) is 3.51. The summed E-state index contributed by atoms with van der Waals surface area (Å²) in [6.07, 6.45) is 0. The van der Waals surface area contributed by atoms with E-state index < -0.39 is 9.84 Å². The molecular formula is C24H21FN2O2S2. The van der Waals surface area contributed by atoms with E-state index in [1.807, 2.05) is 38.1 Å². The number of benzene rings is 3. The predicted molar refractivity (Wildman–Crippen MR) is 124 cm³/mol. The van der Waals surface area contributed by atoms with Gasteiger partial charge in [0.05, 0.1) is 4.90 Å². The molecule has 0 amide bonds. The summed E-state index contributed by atoms with van der Waals surface area (Å²) in [5, 5.41) is 13.2. The SMILES string of the molecule is Cc1cc(C)cc(N/C(SCc2ccc(F)cc2)=C(/C#N)S(=O)(=O)c2ccccc2)c1. The molecule has 0 spiro atoms. The minimum atomic E-state index is -4.03. The van der Waals surface area contributed by atoms with Gasteiger partial charge in [0, 0.05) is 11.4 Å². The molecule has 3 aromatic carbocycles. The van der Waals surface area contributed by atoms with Crippen molar-refractivity contribution in [1.29, 1.82) is 5.26 Å². The molecule has 0 bridgehead atoms. The van der Waals surface area contributed by atoms with Gasteiger partial charge in [0.15, 0.2) is 4.91 Å². The Morgan fingerprint density at radius 2 is 1.61 bits per heavy atom. The fourth-order valence-corrected chi connectivity index (χ4v) is 5.57. The third-order valence-corrected chi connectivity index (χ3v) is 7.33. The highest BCUT2D eigenvalue weighted by Gasteiger charge is 2.25. The minimum Gasteiger partial charge on any atom is -0.349 e. The largest absolute Gasteiger partial charge is 0.349 e. The summed E-state index contributed by atoms with van der Waals surface area (Å²) in [7, 11) is -4.03. The van der Waals surface area contributed by atoms with E-state index in [1.165, 1.54) is 36.0 Å². The van der Waals surface area contributed by atoms with Crippen molar-refractivity contribution in [2.45, 2.75) is 24.5 Å². The third-order valence-electron chi connectivity index (χ3n) is 4.41. The van der Waals surface area contributed by atoms with Crippen molar-refractivity contribution in [3.05, 3.63) is 105 Å². The lowest BCUT2D eigenvalue weighted by Crippen LogP contribution is -2.10. The van der Waals surface area contributed by atoms with Crippen LogP contribution < -0.4 is 5.32 Å².